The van der Waals surface area contributed by atoms with Crippen molar-refractivity contribution < 1.29 is 4.79 Å². The molecule has 1 aliphatic heterocycles. The van der Waals surface area contributed by atoms with Crippen molar-refractivity contribution in [1.29, 1.82) is 0 Å². The van der Waals surface area contributed by atoms with Crippen molar-refractivity contribution in [2.24, 2.45) is 23.2 Å². The van der Waals surface area contributed by atoms with Crippen LogP contribution in [0, 0.1) is 23.2 Å². The molecule has 0 aromatic rings. The Morgan fingerprint density at radius 2 is 2.00 bits per heavy atom. The van der Waals surface area contributed by atoms with Gasteiger partial charge in [-0.25, -0.2) is 0 Å². The summed E-state index contributed by atoms with van der Waals surface area (Å²) < 4.78 is 0. The zero-order chi connectivity index (χ0) is 9.43. The maximum atomic E-state index is 11.3. The molecule has 0 aromatic carbocycles. The maximum Gasteiger partial charge on any atom is 0.225 e. The fourth-order valence-corrected chi connectivity index (χ4v) is 4.03. The first-order valence-corrected chi connectivity index (χ1v) is 5.28. The molecule has 13 heavy (non-hydrogen) atoms. The smallest absolute Gasteiger partial charge is 0.225 e. The first-order chi connectivity index (χ1) is 5.96. The molecule has 0 spiro atoms. The summed E-state index contributed by atoms with van der Waals surface area (Å²) in [5.41, 5.74) is 0.619. The van der Waals surface area contributed by atoms with E-state index in [2.05, 4.69) is 26.1 Å². The molecule has 2 heteroatoms. The Labute approximate surface area is 79.1 Å². The van der Waals surface area contributed by atoms with Gasteiger partial charge in [0, 0.05) is 0 Å². The lowest BCUT2D eigenvalue weighted by atomic mass is 9.39. The molecule has 0 radical (unpaired) electrons. The first-order valence-electron chi connectivity index (χ1n) is 5.28. The van der Waals surface area contributed by atoms with Gasteiger partial charge in [-0.3, -0.25) is 4.79 Å². The van der Waals surface area contributed by atoms with Gasteiger partial charge in [0.15, 0.2) is 0 Å². The van der Waals surface area contributed by atoms with Crippen LogP contribution in [-0.2, 0) is 4.79 Å². The molecular weight excluding hydrogens is 162 g/mol. The first kappa shape index (κ1) is 7.84. The van der Waals surface area contributed by atoms with Crippen LogP contribution in [0.1, 0.15) is 33.6 Å². The molecule has 1 N–H and O–H groups in total. The van der Waals surface area contributed by atoms with Crippen LogP contribution in [0.25, 0.3) is 0 Å². The minimum Gasteiger partial charge on any atom is -0.350 e. The molecule has 3 aliphatic carbocycles. The molecule has 0 unspecified atom stereocenters. The number of amides is 1. The summed E-state index contributed by atoms with van der Waals surface area (Å²) in [6, 6.07) is 0. The van der Waals surface area contributed by atoms with Gasteiger partial charge < -0.3 is 5.32 Å². The van der Waals surface area contributed by atoms with Crippen molar-refractivity contribution in [3.05, 3.63) is 0 Å². The van der Waals surface area contributed by atoms with Crippen LogP contribution >= 0.6 is 0 Å². The summed E-state index contributed by atoms with van der Waals surface area (Å²) in [6.07, 6.45) is 2.46. The van der Waals surface area contributed by atoms with Gasteiger partial charge in [-0.15, -0.1) is 0 Å². The number of nitrogens with one attached hydrogen (secondary N) is 1. The summed E-state index contributed by atoms with van der Waals surface area (Å²) in [7, 11) is 0. The summed E-state index contributed by atoms with van der Waals surface area (Å²) in [4.78, 5) is 11.3. The summed E-state index contributed by atoms with van der Waals surface area (Å²) in [6.45, 7) is 6.95. The van der Waals surface area contributed by atoms with E-state index in [1.807, 2.05) is 0 Å². The van der Waals surface area contributed by atoms with Crippen LogP contribution in [0.5, 0.6) is 0 Å². The molecule has 1 heterocycles. The van der Waals surface area contributed by atoms with Crippen LogP contribution in [0.2, 0.25) is 0 Å². The molecule has 4 aliphatic rings. The van der Waals surface area contributed by atoms with E-state index in [4.69, 9.17) is 0 Å². The second kappa shape index (κ2) is 1.79. The van der Waals surface area contributed by atoms with E-state index < -0.39 is 0 Å². The number of hydrogen-bond donors (Lipinski definition) is 1. The zero-order valence-corrected chi connectivity index (χ0v) is 8.55. The quantitative estimate of drug-likeness (QED) is 0.562. The van der Waals surface area contributed by atoms with Crippen LogP contribution in [0.15, 0.2) is 0 Å². The molecule has 1 saturated heterocycles. The zero-order valence-electron chi connectivity index (χ0n) is 8.55. The van der Waals surface area contributed by atoms with Gasteiger partial charge in [-0.2, -0.15) is 0 Å². The number of hydrogen-bond acceptors (Lipinski definition) is 1. The average Bonchev–Trinajstić information content (AvgIpc) is 2.01. The molecule has 4 fully saturated rings. The van der Waals surface area contributed by atoms with Crippen molar-refractivity contribution in [2.75, 3.05) is 0 Å². The van der Waals surface area contributed by atoms with E-state index in [0.29, 0.717) is 17.2 Å². The Bertz CT molecular complexity index is 296. The largest absolute Gasteiger partial charge is 0.350 e. The van der Waals surface area contributed by atoms with E-state index in [9.17, 15) is 4.79 Å². The van der Waals surface area contributed by atoms with Gasteiger partial charge in [0.1, 0.15) is 0 Å². The molecule has 72 valence electrons. The van der Waals surface area contributed by atoms with Crippen molar-refractivity contribution in [2.45, 2.75) is 39.2 Å². The topological polar surface area (TPSA) is 29.1 Å². The third-order valence-corrected chi connectivity index (χ3v) is 5.15. The Kier molecular flexibility index (Phi) is 1.08. The van der Waals surface area contributed by atoms with Crippen molar-refractivity contribution >= 4 is 5.91 Å². The highest BCUT2D eigenvalue weighted by Crippen LogP contribution is 2.66. The van der Waals surface area contributed by atoms with E-state index in [0.717, 1.165) is 18.3 Å². The van der Waals surface area contributed by atoms with Gasteiger partial charge in [0.25, 0.3) is 0 Å². The molecule has 2 bridgehead atoms. The summed E-state index contributed by atoms with van der Waals surface area (Å²) in [5, 5.41) is 3.13. The van der Waals surface area contributed by atoms with Crippen molar-refractivity contribution in [1.82, 2.24) is 5.32 Å². The minimum absolute atomic E-state index is 0.148. The second-order valence-electron chi connectivity index (χ2n) is 5.87. The molecule has 1 amide bonds. The summed E-state index contributed by atoms with van der Waals surface area (Å²) in [5.74, 6) is 2.17. The highest BCUT2D eigenvalue weighted by molar-refractivity contribution is 5.88. The Hall–Kier alpha value is -0.530. The summed E-state index contributed by atoms with van der Waals surface area (Å²) >= 11 is 0. The Balaban J connectivity index is 1.97. The van der Waals surface area contributed by atoms with Crippen LogP contribution < -0.4 is 5.32 Å². The van der Waals surface area contributed by atoms with Gasteiger partial charge in [-0.05, 0) is 37.0 Å². The number of carbonyl (C=O) groups excluding carboxylic acids is 1. The van der Waals surface area contributed by atoms with E-state index in [1.54, 1.807) is 0 Å². The molecule has 3 saturated carbocycles. The van der Waals surface area contributed by atoms with E-state index in [1.165, 1.54) is 6.42 Å². The van der Waals surface area contributed by atoms with Crippen LogP contribution in [0.4, 0.5) is 0 Å². The predicted molar refractivity (Wildman–Crippen MR) is 50.0 cm³/mol. The fraction of sp³-hybridized carbons (Fsp3) is 0.909. The second-order valence-corrected chi connectivity index (χ2v) is 5.87. The van der Waals surface area contributed by atoms with Gasteiger partial charge in [-0.1, -0.05) is 13.8 Å². The standard InChI is InChI=1S/C11H17NO/c1-10(2)6-4-7-9(13)12-11(7,3)8(10)5-6/h6-8H,4-5H2,1-3H3,(H,12,13)/t6-,7+,8+,11-/m1/s1. The lowest BCUT2D eigenvalue weighted by Crippen LogP contribution is -2.80. The Morgan fingerprint density at radius 1 is 1.31 bits per heavy atom. The maximum absolute atomic E-state index is 11.3. The molecule has 0 aromatic heterocycles. The lowest BCUT2D eigenvalue weighted by molar-refractivity contribution is -0.197. The van der Waals surface area contributed by atoms with Crippen LogP contribution in [-0.4, -0.2) is 11.4 Å². The van der Waals surface area contributed by atoms with Crippen molar-refractivity contribution in [3.8, 4) is 0 Å². The molecular formula is C11H17NO. The molecule has 4 atom stereocenters. The monoisotopic (exact) mass is 179 g/mol. The van der Waals surface area contributed by atoms with Crippen molar-refractivity contribution in [3.63, 3.8) is 0 Å². The fourth-order valence-electron chi connectivity index (χ4n) is 4.03. The van der Waals surface area contributed by atoms with Gasteiger partial charge in [0.2, 0.25) is 5.91 Å². The third-order valence-electron chi connectivity index (χ3n) is 5.15. The van der Waals surface area contributed by atoms with Gasteiger partial charge >= 0.3 is 0 Å². The third kappa shape index (κ3) is 0.628. The average molecular weight is 179 g/mol. The highest BCUT2D eigenvalue weighted by atomic mass is 16.2. The lowest BCUT2D eigenvalue weighted by Gasteiger charge is -2.70. The SMILES string of the molecule is CC1(C)[C@@H]2C[C@H]3C(=O)N[C@@]3(C)[C@H]1C2. The van der Waals surface area contributed by atoms with E-state index >= 15 is 0 Å². The Morgan fingerprint density at radius 3 is 2.46 bits per heavy atom. The normalized spacial score (nSPS) is 55.6. The number of rotatable bonds is 0. The van der Waals surface area contributed by atoms with E-state index in [-0.39, 0.29) is 5.54 Å². The van der Waals surface area contributed by atoms with Crippen LogP contribution in [0.3, 0.4) is 0 Å². The number of carbonyl (C=O) groups is 1. The molecule has 4 rings (SSSR count). The van der Waals surface area contributed by atoms with Gasteiger partial charge in [0.05, 0.1) is 11.5 Å². The highest BCUT2D eigenvalue weighted by Gasteiger charge is 2.69. The molecule has 2 nitrogen and oxygen atoms in total. The minimum atomic E-state index is 0.148. The number of β-lactam (4-membered cyclic amide) rings is 1. The predicted octanol–water partition coefficient (Wildman–Crippen LogP) is 1.56.